The Morgan fingerprint density at radius 3 is 2.26 bits per heavy atom. The van der Waals surface area contributed by atoms with Crippen LogP contribution >= 0.6 is 0 Å². The molecular formula is C12H11F5O2. The average molecular weight is 282 g/mol. The van der Waals surface area contributed by atoms with Gasteiger partial charge in [-0.1, -0.05) is 0 Å². The van der Waals surface area contributed by atoms with Crippen molar-refractivity contribution in [3.8, 4) is 0 Å². The van der Waals surface area contributed by atoms with Crippen molar-refractivity contribution < 1.29 is 31.5 Å². The number of rotatable bonds is 6. The van der Waals surface area contributed by atoms with Crippen LogP contribution in [0.1, 0.15) is 17.3 Å². The minimum absolute atomic E-state index is 0.0502. The molecule has 0 N–H and O–H groups in total. The third kappa shape index (κ3) is 4.27. The molecule has 1 unspecified atom stereocenters. The first-order valence-electron chi connectivity index (χ1n) is 5.31. The molecule has 0 spiro atoms. The molecule has 0 aliphatic heterocycles. The number of halogens is 5. The Balaban J connectivity index is 2.61. The Hall–Kier alpha value is -1.50. The van der Waals surface area contributed by atoms with Gasteiger partial charge in [-0.15, -0.1) is 0 Å². The summed E-state index contributed by atoms with van der Waals surface area (Å²) in [5, 5.41) is 0. The second-order valence-corrected chi connectivity index (χ2v) is 3.89. The van der Waals surface area contributed by atoms with E-state index in [0.29, 0.717) is 0 Å². The van der Waals surface area contributed by atoms with E-state index in [0.717, 1.165) is 31.2 Å². The molecule has 1 aromatic carbocycles. The van der Waals surface area contributed by atoms with Gasteiger partial charge in [0.05, 0.1) is 0 Å². The van der Waals surface area contributed by atoms with Gasteiger partial charge in [-0.05, 0) is 31.2 Å². The average Bonchev–Trinajstić information content (AvgIpc) is 2.36. The van der Waals surface area contributed by atoms with Crippen LogP contribution in [0.3, 0.4) is 0 Å². The highest BCUT2D eigenvalue weighted by atomic mass is 19.3. The van der Waals surface area contributed by atoms with Crippen LogP contribution in [0.4, 0.5) is 22.0 Å². The molecule has 0 bridgehead atoms. The van der Waals surface area contributed by atoms with Crippen LogP contribution in [0.15, 0.2) is 24.3 Å². The lowest BCUT2D eigenvalue weighted by atomic mass is 10.1. The van der Waals surface area contributed by atoms with Gasteiger partial charge in [0, 0.05) is 5.56 Å². The Labute approximate surface area is 106 Å². The van der Waals surface area contributed by atoms with Gasteiger partial charge in [-0.25, -0.2) is 13.2 Å². The van der Waals surface area contributed by atoms with Gasteiger partial charge >= 0.3 is 12.3 Å². The van der Waals surface area contributed by atoms with E-state index in [-0.39, 0.29) is 5.56 Å². The number of carbonyl (C=O) groups excluding carboxylic acids is 1. The van der Waals surface area contributed by atoms with E-state index in [1.165, 1.54) is 0 Å². The highest BCUT2D eigenvalue weighted by Gasteiger charge is 2.41. The SMILES string of the molecule is CC(OCC(F)(F)C(F)F)C(=O)c1ccc(F)cc1. The monoisotopic (exact) mass is 282 g/mol. The summed E-state index contributed by atoms with van der Waals surface area (Å²) in [4.78, 5) is 11.7. The van der Waals surface area contributed by atoms with Gasteiger partial charge in [0.2, 0.25) is 0 Å². The number of ketones is 1. The molecule has 0 aliphatic rings. The van der Waals surface area contributed by atoms with Gasteiger partial charge in [0.25, 0.3) is 0 Å². The van der Waals surface area contributed by atoms with Crippen LogP contribution in [0.25, 0.3) is 0 Å². The molecule has 1 aromatic rings. The maximum Gasteiger partial charge on any atom is 0.330 e. The highest BCUT2D eigenvalue weighted by Crippen LogP contribution is 2.23. The number of hydrogen-bond acceptors (Lipinski definition) is 2. The number of carbonyl (C=O) groups is 1. The number of alkyl halides is 4. The zero-order valence-corrected chi connectivity index (χ0v) is 9.88. The molecule has 19 heavy (non-hydrogen) atoms. The second-order valence-electron chi connectivity index (χ2n) is 3.89. The van der Waals surface area contributed by atoms with Crippen LogP contribution in [-0.2, 0) is 4.74 Å². The smallest absolute Gasteiger partial charge is 0.330 e. The molecule has 0 saturated carbocycles. The third-order valence-corrected chi connectivity index (χ3v) is 2.34. The van der Waals surface area contributed by atoms with E-state index in [9.17, 15) is 26.7 Å². The Kier molecular flexibility index (Phi) is 4.99. The first-order chi connectivity index (χ1) is 8.74. The van der Waals surface area contributed by atoms with Gasteiger partial charge in [-0.2, -0.15) is 8.78 Å². The normalized spacial score (nSPS) is 13.6. The van der Waals surface area contributed by atoms with Gasteiger partial charge < -0.3 is 4.74 Å². The van der Waals surface area contributed by atoms with E-state index in [1.807, 2.05) is 0 Å². The topological polar surface area (TPSA) is 26.3 Å². The van der Waals surface area contributed by atoms with Crippen LogP contribution in [0, 0.1) is 5.82 Å². The van der Waals surface area contributed by atoms with E-state index in [1.54, 1.807) is 0 Å². The van der Waals surface area contributed by atoms with Crippen molar-refractivity contribution >= 4 is 5.78 Å². The summed E-state index contributed by atoms with van der Waals surface area (Å²) in [6.07, 6.45) is -5.18. The molecule has 0 heterocycles. The first kappa shape index (κ1) is 15.6. The zero-order chi connectivity index (χ0) is 14.6. The summed E-state index contributed by atoms with van der Waals surface area (Å²) >= 11 is 0. The minimum Gasteiger partial charge on any atom is -0.364 e. The van der Waals surface area contributed by atoms with Crippen LogP contribution in [-0.4, -0.2) is 30.8 Å². The van der Waals surface area contributed by atoms with Crippen molar-refractivity contribution in [2.24, 2.45) is 0 Å². The van der Waals surface area contributed by atoms with Gasteiger partial charge in [-0.3, -0.25) is 4.79 Å². The maximum atomic E-state index is 12.6. The van der Waals surface area contributed by atoms with Crippen LogP contribution < -0.4 is 0 Å². The summed E-state index contributed by atoms with van der Waals surface area (Å²) in [5.41, 5.74) is 0.0502. The van der Waals surface area contributed by atoms with Crippen molar-refractivity contribution in [1.82, 2.24) is 0 Å². The summed E-state index contributed by atoms with van der Waals surface area (Å²) in [6.45, 7) is -0.397. The predicted octanol–water partition coefficient (Wildman–Crippen LogP) is 3.31. The van der Waals surface area contributed by atoms with Gasteiger partial charge in [0.1, 0.15) is 18.5 Å². The quantitative estimate of drug-likeness (QED) is 0.591. The minimum atomic E-state index is -4.31. The first-order valence-corrected chi connectivity index (χ1v) is 5.31. The molecule has 2 nitrogen and oxygen atoms in total. The summed E-state index contributed by atoms with van der Waals surface area (Å²) in [5.74, 6) is -5.56. The fourth-order valence-corrected chi connectivity index (χ4v) is 1.22. The summed E-state index contributed by atoms with van der Waals surface area (Å²) < 4.78 is 66.0. The molecule has 7 heteroatoms. The van der Waals surface area contributed by atoms with E-state index < -0.39 is 36.7 Å². The molecule has 0 aromatic heterocycles. The van der Waals surface area contributed by atoms with Gasteiger partial charge in [0.15, 0.2) is 5.78 Å². The molecule has 0 radical (unpaired) electrons. The van der Waals surface area contributed by atoms with Crippen molar-refractivity contribution in [2.75, 3.05) is 6.61 Å². The van der Waals surface area contributed by atoms with E-state index in [2.05, 4.69) is 4.74 Å². The Morgan fingerprint density at radius 2 is 1.79 bits per heavy atom. The molecule has 0 aliphatic carbocycles. The lowest BCUT2D eigenvalue weighted by Crippen LogP contribution is -2.35. The molecule has 1 atom stereocenters. The summed E-state index contributed by atoms with van der Waals surface area (Å²) in [7, 11) is 0. The Morgan fingerprint density at radius 1 is 1.26 bits per heavy atom. The number of Topliss-reactive ketones (excluding diaryl/α,β-unsaturated/α-hetero) is 1. The standard InChI is InChI=1S/C12H11F5O2/c1-7(19-6-12(16,17)11(14)15)10(18)8-2-4-9(13)5-3-8/h2-5,7,11H,6H2,1H3. The second kappa shape index (κ2) is 6.10. The number of hydrogen-bond donors (Lipinski definition) is 0. The number of ether oxygens (including phenoxy) is 1. The maximum absolute atomic E-state index is 12.6. The van der Waals surface area contributed by atoms with Crippen LogP contribution in [0.2, 0.25) is 0 Å². The summed E-state index contributed by atoms with van der Waals surface area (Å²) in [6, 6.07) is 4.35. The molecule has 106 valence electrons. The molecule has 0 amide bonds. The Bertz CT molecular complexity index is 430. The lowest BCUT2D eigenvalue weighted by Gasteiger charge is -2.18. The van der Waals surface area contributed by atoms with Crippen molar-refractivity contribution in [2.45, 2.75) is 25.4 Å². The van der Waals surface area contributed by atoms with E-state index in [4.69, 9.17) is 0 Å². The van der Waals surface area contributed by atoms with Crippen LogP contribution in [0.5, 0.6) is 0 Å². The molecule has 0 fully saturated rings. The molecule has 1 rings (SSSR count). The van der Waals surface area contributed by atoms with Crippen molar-refractivity contribution in [3.63, 3.8) is 0 Å². The third-order valence-electron chi connectivity index (χ3n) is 2.34. The zero-order valence-electron chi connectivity index (χ0n) is 9.88. The fraction of sp³-hybridized carbons (Fsp3) is 0.417. The molecule has 0 saturated heterocycles. The van der Waals surface area contributed by atoms with Crippen molar-refractivity contribution in [1.29, 1.82) is 0 Å². The van der Waals surface area contributed by atoms with E-state index >= 15 is 0 Å². The van der Waals surface area contributed by atoms with Crippen molar-refractivity contribution in [3.05, 3.63) is 35.6 Å². The highest BCUT2D eigenvalue weighted by molar-refractivity contribution is 5.99. The lowest BCUT2D eigenvalue weighted by molar-refractivity contribution is -0.170. The molecular weight excluding hydrogens is 271 g/mol. The number of benzene rings is 1. The largest absolute Gasteiger partial charge is 0.364 e. The predicted molar refractivity (Wildman–Crippen MR) is 57.1 cm³/mol. The fourth-order valence-electron chi connectivity index (χ4n) is 1.22.